The molecule has 96 valence electrons. The van der Waals surface area contributed by atoms with Crippen molar-refractivity contribution < 1.29 is 9.53 Å². The Morgan fingerprint density at radius 1 is 1.61 bits per heavy atom. The predicted octanol–water partition coefficient (Wildman–Crippen LogP) is 3.28. The molecule has 1 saturated heterocycles. The van der Waals surface area contributed by atoms with Crippen molar-refractivity contribution in [3.8, 4) is 5.75 Å². The molecule has 0 aromatic heterocycles. The van der Waals surface area contributed by atoms with Crippen LogP contribution in [-0.4, -0.2) is 19.1 Å². The van der Waals surface area contributed by atoms with Gasteiger partial charge in [-0.05, 0) is 25.1 Å². The molecule has 1 fully saturated rings. The van der Waals surface area contributed by atoms with E-state index >= 15 is 0 Å². The average molecular weight is 266 g/mol. The molecule has 0 N–H and O–H groups in total. The van der Waals surface area contributed by atoms with Crippen molar-refractivity contribution >= 4 is 23.2 Å². The third kappa shape index (κ3) is 2.51. The van der Waals surface area contributed by atoms with Gasteiger partial charge in [0.25, 0.3) is 0 Å². The van der Waals surface area contributed by atoms with E-state index < -0.39 is 0 Å². The lowest BCUT2D eigenvalue weighted by atomic mass is 10.1. The lowest BCUT2D eigenvalue weighted by Crippen LogP contribution is -2.25. The smallest absolute Gasteiger partial charge is 0.227 e. The Bertz CT molecular complexity index is 473. The van der Waals surface area contributed by atoms with Gasteiger partial charge in [-0.15, -0.1) is 6.58 Å². The van der Waals surface area contributed by atoms with Gasteiger partial charge in [0.2, 0.25) is 5.91 Å². The second kappa shape index (κ2) is 5.44. The number of nitrogens with zero attached hydrogens (tertiary/aromatic N) is 1. The van der Waals surface area contributed by atoms with Crippen LogP contribution in [0.1, 0.15) is 13.3 Å². The second-order valence-corrected chi connectivity index (χ2v) is 4.69. The van der Waals surface area contributed by atoms with E-state index in [0.29, 0.717) is 30.3 Å². The normalized spacial score (nSPS) is 19.1. The third-order valence-electron chi connectivity index (χ3n) is 3.00. The summed E-state index contributed by atoms with van der Waals surface area (Å²) in [6.07, 6.45) is 2.32. The maximum absolute atomic E-state index is 12.0. The molecule has 18 heavy (non-hydrogen) atoms. The first-order chi connectivity index (χ1) is 8.65. The van der Waals surface area contributed by atoms with E-state index in [1.165, 1.54) is 0 Å². The Labute approximate surface area is 112 Å². The highest BCUT2D eigenvalue weighted by molar-refractivity contribution is 6.31. The second-order valence-electron chi connectivity index (χ2n) is 4.25. The molecule has 3 nitrogen and oxygen atoms in total. The average Bonchev–Trinajstić information content (AvgIpc) is 2.73. The molecule has 1 amide bonds. The lowest BCUT2D eigenvalue weighted by molar-refractivity contribution is -0.117. The standard InChI is InChI=1S/C14H16ClNO2/c1-3-10-7-14(17)16(9-10)12-8-11(15)5-6-13(12)18-4-2/h3,5-6,8,10H,1,4,7,9H2,2H3. The number of rotatable bonds is 4. The highest BCUT2D eigenvalue weighted by atomic mass is 35.5. The fourth-order valence-corrected chi connectivity index (χ4v) is 2.27. The van der Waals surface area contributed by atoms with Crippen molar-refractivity contribution in [1.29, 1.82) is 0 Å². The predicted molar refractivity (Wildman–Crippen MR) is 73.3 cm³/mol. The number of carbonyl (C=O) groups is 1. The molecule has 1 atom stereocenters. The molecule has 1 aliphatic heterocycles. The van der Waals surface area contributed by atoms with Gasteiger partial charge in [-0.25, -0.2) is 0 Å². The zero-order valence-corrected chi connectivity index (χ0v) is 11.1. The number of hydrogen-bond donors (Lipinski definition) is 0. The molecule has 0 spiro atoms. The highest BCUT2D eigenvalue weighted by Gasteiger charge is 2.30. The van der Waals surface area contributed by atoms with Crippen molar-refractivity contribution in [2.75, 3.05) is 18.1 Å². The quantitative estimate of drug-likeness (QED) is 0.782. The fraction of sp³-hybridized carbons (Fsp3) is 0.357. The maximum Gasteiger partial charge on any atom is 0.227 e. The Balaban J connectivity index is 2.34. The van der Waals surface area contributed by atoms with Crippen LogP contribution < -0.4 is 9.64 Å². The van der Waals surface area contributed by atoms with Gasteiger partial charge in [-0.2, -0.15) is 0 Å². The number of carbonyl (C=O) groups excluding carboxylic acids is 1. The highest BCUT2D eigenvalue weighted by Crippen LogP contribution is 2.35. The van der Waals surface area contributed by atoms with Crippen LogP contribution in [0.25, 0.3) is 0 Å². The molecule has 1 unspecified atom stereocenters. The number of anilines is 1. The molecule has 0 bridgehead atoms. The maximum atomic E-state index is 12.0. The number of ether oxygens (including phenoxy) is 1. The van der Waals surface area contributed by atoms with E-state index in [-0.39, 0.29) is 11.8 Å². The Morgan fingerprint density at radius 2 is 2.39 bits per heavy atom. The van der Waals surface area contributed by atoms with E-state index in [0.717, 1.165) is 5.69 Å². The summed E-state index contributed by atoms with van der Waals surface area (Å²) in [6, 6.07) is 5.34. The van der Waals surface area contributed by atoms with Crippen LogP contribution in [0.3, 0.4) is 0 Å². The molecular formula is C14H16ClNO2. The molecular weight excluding hydrogens is 250 g/mol. The Hall–Kier alpha value is -1.48. The van der Waals surface area contributed by atoms with Gasteiger partial charge in [0, 0.05) is 23.9 Å². The van der Waals surface area contributed by atoms with Gasteiger partial charge in [-0.3, -0.25) is 4.79 Å². The molecule has 0 radical (unpaired) electrons. The minimum absolute atomic E-state index is 0.0862. The molecule has 2 rings (SSSR count). The number of amides is 1. The van der Waals surface area contributed by atoms with Crippen LogP contribution in [0.2, 0.25) is 5.02 Å². The van der Waals surface area contributed by atoms with E-state index in [1.807, 2.05) is 13.0 Å². The molecule has 1 aromatic carbocycles. The summed E-state index contributed by atoms with van der Waals surface area (Å²) in [5.74, 6) is 0.981. The van der Waals surface area contributed by atoms with Gasteiger partial charge in [-0.1, -0.05) is 17.7 Å². The van der Waals surface area contributed by atoms with Crippen molar-refractivity contribution in [2.24, 2.45) is 5.92 Å². The summed E-state index contributed by atoms with van der Waals surface area (Å²) in [5, 5.41) is 0.600. The summed E-state index contributed by atoms with van der Waals surface area (Å²) < 4.78 is 5.54. The number of halogens is 1. The fourth-order valence-electron chi connectivity index (χ4n) is 2.10. The minimum Gasteiger partial charge on any atom is -0.492 e. The van der Waals surface area contributed by atoms with Crippen LogP contribution in [0.4, 0.5) is 5.69 Å². The van der Waals surface area contributed by atoms with E-state index in [9.17, 15) is 4.79 Å². The Kier molecular flexibility index (Phi) is 3.92. The number of benzene rings is 1. The lowest BCUT2D eigenvalue weighted by Gasteiger charge is -2.20. The third-order valence-corrected chi connectivity index (χ3v) is 3.23. The van der Waals surface area contributed by atoms with Crippen LogP contribution >= 0.6 is 11.6 Å². The molecule has 1 aromatic rings. The van der Waals surface area contributed by atoms with Gasteiger partial charge in [0.15, 0.2) is 0 Å². The molecule has 1 aliphatic rings. The van der Waals surface area contributed by atoms with Gasteiger partial charge in [0.05, 0.1) is 12.3 Å². The van der Waals surface area contributed by atoms with E-state index in [1.54, 1.807) is 23.1 Å². The molecule has 0 aliphatic carbocycles. The first-order valence-electron chi connectivity index (χ1n) is 6.01. The van der Waals surface area contributed by atoms with Gasteiger partial charge < -0.3 is 9.64 Å². The van der Waals surface area contributed by atoms with Crippen LogP contribution in [0.15, 0.2) is 30.9 Å². The van der Waals surface area contributed by atoms with Gasteiger partial charge >= 0.3 is 0 Å². The Morgan fingerprint density at radius 3 is 3.00 bits per heavy atom. The summed E-state index contributed by atoms with van der Waals surface area (Å²) in [4.78, 5) is 13.7. The number of hydrogen-bond acceptors (Lipinski definition) is 2. The van der Waals surface area contributed by atoms with E-state index in [2.05, 4.69) is 6.58 Å². The molecule has 4 heteroatoms. The van der Waals surface area contributed by atoms with Crippen molar-refractivity contribution in [3.63, 3.8) is 0 Å². The molecule has 1 heterocycles. The zero-order valence-electron chi connectivity index (χ0n) is 10.4. The van der Waals surface area contributed by atoms with Crippen molar-refractivity contribution in [2.45, 2.75) is 13.3 Å². The van der Waals surface area contributed by atoms with Crippen LogP contribution in [-0.2, 0) is 4.79 Å². The minimum atomic E-state index is 0.0862. The van der Waals surface area contributed by atoms with E-state index in [4.69, 9.17) is 16.3 Å². The SMILES string of the molecule is C=CC1CC(=O)N(c2cc(Cl)ccc2OCC)C1. The van der Waals surface area contributed by atoms with Gasteiger partial charge in [0.1, 0.15) is 5.75 Å². The van der Waals surface area contributed by atoms with Crippen LogP contribution in [0.5, 0.6) is 5.75 Å². The van der Waals surface area contributed by atoms with Crippen LogP contribution in [0, 0.1) is 5.92 Å². The summed E-state index contributed by atoms with van der Waals surface area (Å²) in [7, 11) is 0. The summed E-state index contributed by atoms with van der Waals surface area (Å²) in [6.45, 7) is 6.86. The largest absolute Gasteiger partial charge is 0.492 e. The monoisotopic (exact) mass is 265 g/mol. The zero-order chi connectivity index (χ0) is 13.1. The van der Waals surface area contributed by atoms with Crippen molar-refractivity contribution in [1.82, 2.24) is 0 Å². The molecule has 0 saturated carbocycles. The topological polar surface area (TPSA) is 29.5 Å². The first-order valence-corrected chi connectivity index (χ1v) is 6.38. The summed E-state index contributed by atoms with van der Waals surface area (Å²) >= 11 is 6.00. The summed E-state index contributed by atoms with van der Waals surface area (Å²) in [5.41, 5.74) is 0.749. The first kappa shape index (κ1) is 13.0. The van der Waals surface area contributed by atoms with Crippen molar-refractivity contribution in [3.05, 3.63) is 35.9 Å².